The average molecular weight is 473 g/mol. The summed E-state index contributed by atoms with van der Waals surface area (Å²) in [5, 5.41) is 9.41. The molecule has 34 heavy (non-hydrogen) atoms. The molecule has 0 aromatic rings. The molecule has 4 saturated carbocycles. The summed E-state index contributed by atoms with van der Waals surface area (Å²) in [6.45, 7) is 10.7. The summed E-state index contributed by atoms with van der Waals surface area (Å²) in [4.78, 5) is 25.5. The molecule has 0 aromatic heterocycles. The van der Waals surface area contributed by atoms with Gasteiger partial charge in [-0.05, 0) is 92.4 Å². The first-order valence-electron chi connectivity index (χ1n) is 13.8. The second kappa shape index (κ2) is 8.64. The van der Waals surface area contributed by atoms with Crippen molar-refractivity contribution in [2.24, 2.45) is 46.3 Å². The van der Waals surface area contributed by atoms with Crippen LogP contribution in [-0.2, 0) is 19.1 Å². The third-order valence-corrected chi connectivity index (χ3v) is 11.2. The molecule has 4 aliphatic carbocycles. The van der Waals surface area contributed by atoms with Gasteiger partial charge in [-0.15, -0.1) is 0 Å². The molecule has 5 aliphatic rings. The van der Waals surface area contributed by atoms with Crippen molar-refractivity contribution >= 4 is 11.8 Å². The van der Waals surface area contributed by atoms with Gasteiger partial charge in [-0.1, -0.05) is 20.8 Å². The summed E-state index contributed by atoms with van der Waals surface area (Å²) in [7, 11) is 0. The SMILES string of the molecule is CC(=O)O[C@H]1CC[C@@]2(C)[C@@H](CC[C@@H]3[C@@H]2CC(=O)[C@@]2(C)[C@H]3C[C@@H]3OC(CC[C@@H](C)CO)=C(C)[C@@H]32)C1. The van der Waals surface area contributed by atoms with Crippen LogP contribution in [-0.4, -0.2) is 35.7 Å². The highest BCUT2D eigenvalue weighted by Gasteiger charge is 2.67. The van der Waals surface area contributed by atoms with Crippen LogP contribution >= 0.6 is 0 Å². The Kier molecular flexibility index (Phi) is 6.18. The van der Waals surface area contributed by atoms with Gasteiger partial charge in [0.25, 0.3) is 0 Å². The normalized spacial score (nSPS) is 46.2. The summed E-state index contributed by atoms with van der Waals surface area (Å²) in [6.07, 6.45) is 9.01. The van der Waals surface area contributed by atoms with Gasteiger partial charge in [0.15, 0.2) is 0 Å². The number of fused-ring (bicyclic) bond motifs is 7. The van der Waals surface area contributed by atoms with Crippen LogP contribution in [0.5, 0.6) is 0 Å². The van der Waals surface area contributed by atoms with Crippen LogP contribution in [0.1, 0.15) is 92.4 Å². The molecule has 4 fully saturated rings. The molecular formula is C29H44O5. The number of carbonyl (C=O) groups is 2. The van der Waals surface area contributed by atoms with Gasteiger partial charge in [0.05, 0.1) is 5.76 Å². The van der Waals surface area contributed by atoms with E-state index in [2.05, 4.69) is 27.7 Å². The van der Waals surface area contributed by atoms with E-state index in [1.807, 2.05) is 0 Å². The van der Waals surface area contributed by atoms with Gasteiger partial charge >= 0.3 is 5.97 Å². The van der Waals surface area contributed by atoms with E-state index >= 15 is 0 Å². The zero-order valence-corrected chi connectivity index (χ0v) is 21.8. The lowest BCUT2D eigenvalue weighted by Gasteiger charge is -2.60. The first kappa shape index (κ1) is 24.3. The van der Waals surface area contributed by atoms with Gasteiger partial charge in [-0.2, -0.15) is 0 Å². The fraction of sp³-hybridized carbons (Fsp3) is 0.862. The van der Waals surface area contributed by atoms with Crippen LogP contribution in [0.15, 0.2) is 11.3 Å². The number of hydrogen-bond donors (Lipinski definition) is 1. The molecular weight excluding hydrogens is 428 g/mol. The number of carbonyl (C=O) groups excluding carboxylic acids is 2. The fourth-order valence-electron chi connectivity index (χ4n) is 9.29. The Balaban J connectivity index is 1.36. The van der Waals surface area contributed by atoms with Crippen LogP contribution in [0.2, 0.25) is 0 Å². The molecule has 0 aromatic carbocycles. The van der Waals surface area contributed by atoms with Crippen LogP contribution in [0.25, 0.3) is 0 Å². The molecule has 1 aliphatic heterocycles. The predicted molar refractivity (Wildman–Crippen MR) is 130 cm³/mol. The van der Waals surface area contributed by atoms with Crippen molar-refractivity contribution in [3.05, 3.63) is 11.3 Å². The van der Waals surface area contributed by atoms with Gasteiger partial charge < -0.3 is 14.6 Å². The Hall–Kier alpha value is -1.36. The van der Waals surface area contributed by atoms with E-state index in [0.29, 0.717) is 35.9 Å². The summed E-state index contributed by atoms with van der Waals surface area (Å²) in [6, 6.07) is 0. The Morgan fingerprint density at radius 3 is 2.68 bits per heavy atom. The summed E-state index contributed by atoms with van der Waals surface area (Å²) >= 11 is 0. The van der Waals surface area contributed by atoms with Crippen LogP contribution < -0.4 is 0 Å². The molecule has 5 rings (SSSR count). The van der Waals surface area contributed by atoms with Gasteiger partial charge in [0, 0.05) is 37.7 Å². The topological polar surface area (TPSA) is 72.8 Å². The van der Waals surface area contributed by atoms with Crippen LogP contribution in [0.4, 0.5) is 0 Å². The second-order valence-electron chi connectivity index (χ2n) is 12.9. The first-order chi connectivity index (χ1) is 16.1. The van der Waals surface area contributed by atoms with Crippen molar-refractivity contribution in [2.45, 2.75) is 105 Å². The molecule has 10 atom stereocenters. The quantitative estimate of drug-likeness (QED) is 0.539. The maximum atomic E-state index is 14.0. The molecule has 0 amide bonds. The number of aliphatic hydroxyl groups is 1. The van der Waals surface area contributed by atoms with Crippen molar-refractivity contribution in [1.82, 2.24) is 0 Å². The second-order valence-corrected chi connectivity index (χ2v) is 12.9. The minimum absolute atomic E-state index is 0.0516. The molecule has 0 saturated heterocycles. The Labute approximate surface area is 205 Å². The van der Waals surface area contributed by atoms with Gasteiger partial charge in [0.2, 0.25) is 0 Å². The first-order valence-corrected chi connectivity index (χ1v) is 13.8. The molecule has 0 radical (unpaired) electrons. The van der Waals surface area contributed by atoms with Gasteiger partial charge in [0.1, 0.15) is 18.0 Å². The number of esters is 1. The van der Waals surface area contributed by atoms with E-state index < -0.39 is 0 Å². The molecule has 0 unspecified atom stereocenters. The third kappa shape index (κ3) is 3.59. The molecule has 1 heterocycles. The minimum Gasteiger partial charge on any atom is -0.494 e. The van der Waals surface area contributed by atoms with Crippen molar-refractivity contribution in [1.29, 1.82) is 0 Å². The van der Waals surface area contributed by atoms with Crippen molar-refractivity contribution in [3.8, 4) is 0 Å². The minimum atomic E-state index is -0.307. The lowest BCUT2D eigenvalue weighted by molar-refractivity contribution is -0.165. The molecule has 5 nitrogen and oxygen atoms in total. The van der Waals surface area contributed by atoms with Crippen molar-refractivity contribution < 1.29 is 24.2 Å². The highest BCUT2D eigenvalue weighted by Crippen LogP contribution is 2.68. The van der Waals surface area contributed by atoms with Crippen molar-refractivity contribution in [3.63, 3.8) is 0 Å². The monoisotopic (exact) mass is 472 g/mol. The summed E-state index contributed by atoms with van der Waals surface area (Å²) in [5.41, 5.74) is 1.16. The largest absolute Gasteiger partial charge is 0.494 e. The number of ketones is 1. The number of Topliss-reactive ketones (excluding diaryl/α,β-unsaturated/α-hetero) is 1. The zero-order chi connectivity index (χ0) is 24.4. The van der Waals surface area contributed by atoms with E-state index in [1.165, 1.54) is 25.3 Å². The van der Waals surface area contributed by atoms with E-state index in [-0.39, 0.29) is 47.4 Å². The standard InChI is InChI=1S/C29H44O5/c1-16(15-30)6-9-24-17(2)27-25(34-24)13-23-21-8-7-19-12-20(33-18(3)31)10-11-28(19,4)22(21)14-26(32)29(23,27)5/h16,19-23,25,27,30H,6-15H2,1-5H3/t16-,19+,20+,21-,22+,23+,25+,27+,28+,29-/m1/s1. The summed E-state index contributed by atoms with van der Waals surface area (Å²) < 4.78 is 12.2. The molecule has 1 N–H and O–H groups in total. The summed E-state index contributed by atoms with van der Waals surface area (Å²) in [5.74, 6) is 3.86. The van der Waals surface area contributed by atoms with Gasteiger partial charge in [-0.3, -0.25) is 9.59 Å². The van der Waals surface area contributed by atoms with E-state index in [1.54, 1.807) is 0 Å². The Morgan fingerprint density at radius 2 is 1.97 bits per heavy atom. The maximum Gasteiger partial charge on any atom is 0.302 e. The molecule has 190 valence electrons. The lowest BCUT2D eigenvalue weighted by atomic mass is 9.44. The Bertz CT molecular complexity index is 878. The van der Waals surface area contributed by atoms with Crippen molar-refractivity contribution in [2.75, 3.05) is 6.61 Å². The molecule has 5 heteroatoms. The van der Waals surface area contributed by atoms with Crippen LogP contribution in [0, 0.1) is 46.3 Å². The average Bonchev–Trinajstić information content (AvgIpc) is 3.27. The Morgan fingerprint density at radius 1 is 1.21 bits per heavy atom. The fourth-order valence-corrected chi connectivity index (χ4v) is 9.29. The van der Waals surface area contributed by atoms with Crippen LogP contribution in [0.3, 0.4) is 0 Å². The number of allylic oxidation sites excluding steroid dienone is 1. The zero-order valence-electron chi connectivity index (χ0n) is 21.8. The third-order valence-electron chi connectivity index (χ3n) is 11.2. The lowest BCUT2D eigenvalue weighted by Crippen LogP contribution is -2.57. The van der Waals surface area contributed by atoms with E-state index in [0.717, 1.165) is 44.3 Å². The molecule has 0 spiro atoms. The van der Waals surface area contributed by atoms with E-state index in [4.69, 9.17) is 9.47 Å². The smallest absolute Gasteiger partial charge is 0.302 e. The maximum absolute atomic E-state index is 14.0. The van der Waals surface area contributed by atoms with E-state index in [9.17, 15) is 14.7 Å². The number of ether oxygens (including phenoxy) is 2. The molecule has 0 bridgehead atoms. The number of aliphatic hydroxyl groups excluding tert-OH is 1. The highest BCUT2D eigenvalue weighted by molar-refractivity contribution is 5.87. The van der Waals surface area contributed by atoms with Gasteiger partial charge in [-0.25, -0.2) is 0 Å². The predicted octanol–water partition coefficient (Wildman–Crippen LogP) is 5.45. The number of rotatable bonds is 5. The highest BCUT2D eigenvalue weighted by atomic mass is 16.5. The number of hydrogen-bond acceptors (Lipinski definition) is 5.